The Morgan fingerprint density at radius 1 is 1.05 bits per heavy atom. The van der Waals surface area contributed by atoms with Gasteiger partial charge in [0, 0.05) is 5.56 Å². The molecule has 1 aliphatic rings. The predicted molar refractivity (Wildman–Crippen MR) is 87.2 cm³/mol. The molecule has 3 heteroatoms. The van der Waals surface area contributed by atoms with E-state index in [0.717, 1.165) is 42.7 Å². The topological polar surface area (TPSA) is 38.3 Å². The number of rotatable bonds is 5. The van der Waals surface area contributed by atoms with Crippen molar-refractivity contribution < 1.29 is 9.53 Å². The largest absolute Gasteiger partial charge is 0.489 e. The minimum Gasteiger partial charge on any atom is -0.489 e. The fourth-order valence-electron chi connectivity index (χ4n) is 2.73. The molecule has 114 valence electrons. The Kier molecular flexibility index (Phi) is 4.86. The molecular formula is C19H21NO2. The highest BCUT2D eigenvalue weighted by molar-refractivity contribution is 6.00. The molecule has 0 aliphatic carbocycles. The maximum absolute atomic E-state index is 12.4. The van der Waals surface area contributed by atoms with Crippen LogP contribution in [-0.4, -0.2) is 18.4 Å². The van der Waals surface area contributed by atoms with E-state index in [0.29, 0.717) is 6.61 Å². The van der Waals surface area contributed by atoms with Crippen LogP contribution in [0.25, 0.3) is 0 Å². The Morgan fingerprint density at radius 3 is 2.50 bits per heavy atom. The van der Waals surface area contributed by atoms with E-state index < -0.39 is 0 Å². The van der Waals surface area contributed by atoms with Crippen molar-refractivity contribution in [1.82, 2.24) is 5.32 Å². The van der Waals surface area contributed by atoms with Crippen LogP contribution in [0.2, 0.25) is 0 Å². The molecule has 1 heterocycles. The van der Waals surface area contributed by atoms with Gasteiger partial charge in [-0.25, -0.2) is 0 Å². The van der Waals surface area contributed by atoms with Gasteiger partial charge in [-0.1, -0.05) is 36.8 Å². The van der Waals surface area contributed by atoms with Gasteiger partial charge in [0.05, 0.1) is 6.04 Å². The van der Waals surface area contributed by atoms with Crippen LogP contribution in [-0.2, 0) is 6.61 Å². The smallest absolute Gasteiger partial charge is 0.179 e. The molecule has 2 aromatic rings. The maximum Gasteiger partial charge on any atom is 0.179 e. The number of Topliss-reactive ketones (excluding diaryl/α,β-unsaturated/α-hetero) is 1. The van der Waals surface area contributed by atoms with E-state index >= 15 is 0 Å². The summed E-state index contributed by atoms with van der Waals surface area (Å²) in [6, 6.07) is 17.5. The molecule has 22 heavy (non-hydrogen) atoms. The zero-order valence-electron chi connectivity index (χ0n) is 12.6. The third-order valence-corrected chi connectivity index (χ3v) is 4.01. The molecule has 1 N–H and O–H groups in total. The predicted octanol–water partition coefficient (Wildman–Crippen LogP) is 3.59. The van der Waals surface area contributed by atoms with Gasteiger partial charge in [-0.05, 0) is 49.2 Å². The number of nitrogens with one attached hydrogen (secondary N) is 1. The first-order valence-electron chi connectivity index (χ1n) is 7.87. The lowest BCUT2D eigenvalue weighted by Gasteiger charge is -2.22. The summed E-state index contributed by atoms with van der Waals surface area (Å²) < 4.78 is 5.75. The molecule has 0 spiro atoms. The Bertz CT molecular complexity index is 601. The van der Waals surface area contributed by atoms with Crippen LogP contribution in [0.15, 0.2) is 54.6 Å². The van der Waals surface area contributed by atoms with Crippen molar-refractivity contribution in [2.75, 3.05) is 6.54 Å². The van der Waals surface area contributed by atoms with E-state index in [9.17, 15) is 4.79 Å². The van der Waals surface area contributed by atoms with Crippen LogP contribution in [0.1, 0.15) is 35.2 Å². The van der Waals surface area contributed by atoms with Gasteiger partial charge in [0.25, 0.3) is 0 Å². The van der Waals surface area contributed by atoms with Crippen molar-refractivity contribution in [3.63, 3.8) is 0 Å². The summed E-state index contributed by atoms with van der Waals surface area (Å²) >= 11 is 0. The average molecular weight is 295 g/mol. The van der Waals surface area contributed by atoms with Gasteiger partial charge in [0.2, 0.25) is 0 Å². The summed E-state index contributed by atoms with van der Waals surface area (Å²) in [7, 11) is 0. The molecule has 0 aromatic heterocycles. The second-order valence-electron chi connectivity index (χ2n) is 5.67. The molecule has 1 saturated heterocycles. The third kappa shape index (κ3) is 3.74. The van der Waals surface area contributed by atoms with Crippen LogP contribution in [0.3, 0.4) is 0 Å². The van der Waals surface area contributed by atoms with Crippen molar-refractivity contribution in [1.29, 1.82) is 0 Å². The van der Waals surface area contributed by atoms with Crippen LogP contribution in [0.5, 0.6) is 5.75 Å². The Morgan fingerprint density at radius 2 is 1.82 bits per heavy atom. The van der Waals surface area contributed by atoms with E-state index in [1.807, 2.05) is 54.6 Å². The molecule has 1 aliphatic heterocycles. The second kappa shape index (κ2) is 7.23. The van der Waals surface area contributed by atoms with E-state index in [4.69, 9.17) is 4.74 Å². The molecule has 0 saturated carbocycles. The van der Waals surface area contributed by atoms with Gasteiger partial charge in [0.1, 0.15) is 12.4 Å². The summed E-state index contributed by atoms with van der Waals surface area (Å²) in [6.45, 7) is 1.48. The molecule has 0 amide bonds. The van der Waals surface area contributed by atoms with Crippen molar-refractivity contribution >= 4 is 5.78 Å². The van der Waals surface area contributed by atoms with Crippen LogP contribution in [0.4, 0.5) is 0 Å². The van der Waals surface area contributed by atoms with Gasteiger partial charge in [-0.2, -0.15) is 0 Å². The van der Waals surface area contributed by atoms with Gasteiger partial charge in [-0.3, -0.25) is 4.79 Å². The van der Waals surface area contributed by atoms with Crippen molar-refractivity contribution in [3.8, 4) is 5.75 Å². The molecule has 3 rings (SSSR count). The number of hydrogen-bond donors (Lipinski definition) is 1. The summed E-state index contributed by atoms with van der Waals surface area (Å²) in [5.41, 5.74) is 1.89. The molecule has 0 unspecified atom stereocenters. The molecule has 2 aromatic carbocycles. The first-order valence-corrected chi connectivity index (χ1v) is 7.87. The number of piperidine rings is 1. The molecule has 1 atom stereocenters. The first kappa shape index (κ1) is 14.8. The third-order valence-electron chi connectivity index (χ3n) is 4.01. The van der Waals surface area contributed by atoms with Crippen molar-refractivity contribution in [3.05, 3.63) is 65.7 Å². The number of benzene rings is 2. The van der Waals surface area contributed by atoms with Crippen molar-refractivity contribution in [2.45, 2.75) is 31.9 Å². The number of ether oxygens (including phenoxy) is 1. The SMILES string of the molecule is O=C(c1ccc(OCc2ccccc2)cc1)[C@@H]1CCCCN1. The van der Waals surface area contributed by atoms with Gasteiger partial charge in [-0.15, -0.1) is 0 Å². The fraction of sp³-hybridized carbons (Fsp3) is 0.316. The molecule has 0 radical (unpaired) electrons. The van der Waals surface area contributed by atoms with Gasteiger partial charge < -0.3 is 10.1 Å². The lowest BCUT2D eigenvalue weighted by Crippen LogP contribution is -2.40. The van der Waals surface area contributed by atoms with Crippen LogP contribution >= 0.6 is 0 Å². The van der Waals surface area contributed by atoms with Crippen LogP contribution in [0, 0.1) is 0 Å². The number of ketones is 1. The fourth-order valence-corrected chi connectivity index (χ4v) is 2.73. The normalized spacial score (nSPS) is 17.9. The lowest BCUT2D eigenvalue weighted by atomic mass is 9.96. The van der Waals surface area contributed by atoms with E-state index in [1.165, 1.54) is 0 Å². The second-order valence-corrected chi connectivity index (χ2v) is 5.67. The average Bonchev–Trinajstić information content (AvgIpc) is 2.61. The van der Waals surface area contributed by atoms with E-state index in [-0.39, 0.29) is 11.8 Å². The first-order chi connectivity index (χ1) is 10.8. The number of hydrogen-bond acceptors (Lipinski definition) is 3. The van der Waals surface area contributed by atoms with Gasteiger partial charge >= 0.3 is 0 Å². The minimum absolute atomic E-state index is 0.0233. The molecule has 0 bridgehead atoms. The maximum atomic E-state index is 12.4. The summed E-state index contributed by atoms with van der Waals surface area (Å²) in [4.78, 5) is 12.4. The Labute approximate surface area is 131 Å². The van der Waals surface area contributed by atoms with Crippen LogP contribution < -0.4 is 10.1 Å². The molecular weight excluding hydrogens is 274 g/mol. The van der Waals surface area contributed by atoms with Gasteiger partial charge in [0.15, 0.2) is 5.78 Å². The number of carbonyl (C=O) groups is 1. The Hall–Kier alpha value is -2.13. The monoisotopic (exact) mass is 295 g/mol. The summed E-state index contributed by atoms with van der Waals surface area (Å²) in [5, 5.41) is 3.30. The minimum atomic E-state index is -0.0233. The van der Waals surface area contributed by atoms with E-state index in [1.54, 1.807) is 0 Å². The summed E-state index contributed by atoms with van der Waals surface area (Å²) in [5.74, 6) is 0.978. The number of carbonyl (C=O) groups excluding carboxylic acids is 1. The highest BCUT2D eigenvalue weighted by Crippen LogP contribution is 2.17. The zero-order chi connectivity index (χ0) is 15.2. The zero-order valence-corrected chi connectivity index (χ0v) is 12.6. The van der Waals surface area contributed by atoms with E-state index in [2.05, 4.69) is 5.32 Å². The molecule has 3 nitrogen and oxygen atoms in total. The Balaban J connectivity index is 1.59. The standard InChI is InChI=1S/C19H21NO2/c21-19(18-8-4-5-13-20-18)16-9-11-17(12-10-16)22-14-15-6-2-1-3-7-15/h1-3,6-7,9-12,18,20H,4-5,8,13-14H2/t18-/m0/s1. The highest BCUT2D eigenvalue weighted by Gasteiger charge is 2.21. The highest BCUT2D eigenvalue weighted by atomic mass is 16.5. The summed E-state index contributed by atoms with van der Waals surface area (Å²) in [6.07, 6.45) is 3.23. The lowest BCUT2D eigenvalue weighted by molar-refractivity contribution is 0.0927. The van der Waals surface area contributed by atoms with Crippen molar-refractivity contribution in [2.24, 2.45) is 0 Å². The molecule has 1 fully saturated rings. The quantitative estimate of drug-likeness (QED) is 0.857.